The molecule has 0 saturated carbocycles. The Balaban J connectivity index is 2.79. The first-order valence-corrected chi connectivity index (χ1v) is 4.92. The maximum absolute atomic E-state index is 11.3. The van der Waals surface area contributed by atoms with Gasteiger partial charge in [0.05, 0.1) is 0 Å². The third kappa shape index (κ3) is 2.16. The summed E-state index contributed by atoms with van der Waals surface area (Å²) in [7, 11) is 0. The van der Waals surface area contributed by atoms with Crippen LogP contribution < -0.4 is 5.32 Å². The van der Waals surface area contributed by atoms with Crippen LogP contribution in [0.5, 0.6) is 0 Å². The molecule has 0 aromatic heterocycles. The highest BCUT2D eigenvalue weighted by atomic mass is 16.2. The van der Waals surface area contributed by atoms with E-state index in [-0.39, 0.29) is 12.0 Å². The van der Waals surface area contributed by atoms with E-state index >= 15 is 0 Å². The van der Waals surface area contributed by atoms with Crippen molar-refractivity contribution in [2.75, 3.05) is 6.54 Å². The van der Waals surface area contributed by atoms with Gasteiger partial charge in [-0.05, 0) is 11.3 Å². The maximum atomic E-state index is 11.3. The lowest BCUT2D eigenvalue weighted by molar-refractivity contribution is -0.140. The highest BCUT2D eigenvalue weighted by Gasteiger charge is 2.40. The van der Waals surface area contributed by atoms with Crippen molar-refractivity contribution in [1.29, 1.82) is 0 Å². The van der Waals surface area contributed by atoms with Crippen LogP contribution in [0.1, 0.15) is 27.7 Å². The minimum Gasteiger partial charge on any atom is -0.269 e. The topological polar surface area (TPSA) is 66.5 Å². The second kappa shape index (κ2) is 3.64. The van der Waals surface area contributed by atoms with Crippen LogP contribution in [0.25, 0.3) is 0 Å². The van der Waals surface area contributed by atoms with Gasteiger partial charge in [-0.25, -0.2) is 4.79 Å². The smallest absolute Gasteiger partial charge is 0.269 e. The van der Waals surface area contributed by atoms with Crippen molar-refractivity contribution in [3.05, 3.63) is 0 Å². The highest BCUT2D eigenvalue weighted by molar-refractivity contribution is 6.44. The summed E-state index contributed by atoms with van der Waals surface area (Å²) in [5, 5.41) is 1.98. The molecule has 1 rings (SSSR count). The van der Waals surface area contributed by atoms with E-state index in [1.165, 1.54) is 0 Å². The Kier molecular flexibility index (Phi) is 2.83. The molecule has 0 aromatic rings. The number of nitrogens with zero attached hydrogens (tertiary/aromatic N) is 1. The fourth-order valence-electron chi connectivity index (χ4n) is 1.17. The molecule has 5 heteroatoms. The van der Waals surface area contributed by atoms with Crippen LogP contribution in [0.2, 0.25) is 0 Å². The number of hydrogen-bond acceptors (Lipinski definition) is 3. The van der Waals surface area contributed by atoms with Crippen LogP contribution in [-0.4, -0.2) is 29.3 Å². The molecule has 5 nitrogen and oxygen atoms in total. The Morgan fingerprint density at radius 2 is 1.80 bits per heavy atom. The Morgan fingerprint density at radius 1 is 1.27 bits per heavy atom. The monoisotopic (exact) mass is 212 g/mol. The predicted octanol–water partition coefficient (Wildman–Crippen LogP) is 0.747. The minimum absolute atomic E-state index is 0.197. The number of urea groups is 1. The maximum Gasteiger partial charge on any atom is 0.331 e. The van der Waals surface area contributed by atoms with E-state index < -0.39 is 17.8 Å². The molecule has 0 atom stereocenters. The van der Waals surface area contributed by atoms with Crippen molar-refractivity contribution in [2.24, 2.45) is 11.3 Å². The van der Waals surface area contributed by atoms with Crippen molar-refractivity contribution in [1.82, 2.24) is 10.2 Å². The molecule has 4 amide bonds. The van der Waals surface area contributed by atoms with E-state index in [1.807, 2.05) is 33.0 Å². The molecule has 0 radical (unpaired) electrons. The zero-order chi connectivity index (χ0) is 11.8. The molecule has 1 saturated heterocycles. The molecule has 1 aliphatic rings. The van der Waals surface area contributed by atoms with Crippen molar-refractivity contribution in [3.8, 4) is 0 Å². The van der Waals surface area contributed by atoms with Gasteiger partial charge < -0.3 is 0 Å². The molecule has 1 heterocycles. The van der Waals surface area contributed by atoms with Crippen LogP contribution in [0.15, 0.2) is 0 Å². The third-order valence-corrected chi connectivity index (χ3v) is 3.03. The largest absolute Gasteiger partial charge is 0.331 e. The Labute approximate surface area is 88.8 Å². The molecule has 0 aliphatic carbocycles. The summed E-state index contributed by atoms with van der Waals surface area (Å²) in [5.41, 5.74) is -0.197. The average Bonchev–Trinajstić information content (AvgIpc) is 2.32. The van der Waals surface area contributed by atoms with Crippen molar-refractivity contribution in [2.45, 2.75) is 27.7 Å². The number of hydrogen-bond donors (Lipinski definition) is 1. The Hall–Kier alpha value is -1.39. The van der Waals surface area contributed by atoms with Crippen LogP contribution in [0.3, 0.4) is 0 Å². The van der Waals surface area contributed by atoms with Crippen LogP contribution in [0.4, 0.5) is 4.79 Å². The summed E-state index contributed by atoms with van der Waals surface area (Å²) >= 11 is 0. The summed E-state index contributed by atoms with van der Waals surface area (Å²) in [6.45, 7) is 8.21. The average molecular weight is 212 g/mol. The second-order valence-corrected chi connectivity index (χ2v) is 4.79. The summed E-state index contributed by atoms with van der Waals surface area (Å²) < 4.78 is 0. The van der Waals surface area contributed by atoms with Gasteiger partial charge in [0, 0.05) is 6.54 Å². The molecule has 0 unspecified atom stereocenters. The first-order valence-electron chi connectivity index (χ1n) is 4.92. The summed E-state index contributed by atoms with van der Waals surface area (Å²) in [6, 6.07) is -0.612. The van der Waals surface area contributed by atoms with E-state index in [1.54, 1.807) is 0 Å². The predicted molar refractivity (Wildman–Crippen MR) is 53.9 cm³/mol. The van der Waals surface area contributed by atoms with E-state index in [4.69, 9.17) is 0 Å². The van der Waals surface area contributed by atoms with Crippen molar-refractivity contribution >= 4 is 17.8 Å². The normalized spacial score (nSPS) is 17.7. The molecule has 1 N–H and O–H groups in total. The van der Waals surface area contributed by atoms with Crippen LogP contribution in [-0.2, 0) is 9.59 Å². The molecular formula is C10H16N2O3. The highest BCUT2D eigenvalue weighted by Crippen LogP contribution is 2.27. The van der Waals surface area contributed by atoms with Gasteiger partial charge in [-0.1, -0.05) is 27.7 Å². The number of carbonyl (C=O) groups is 3. The first-order chi connectivity index (χ1) is 6.75. The standard InChI is InChI=1S/C10H16N2O3/c1-6(2)10(3,4)5-12-8(14)7(13)11-9(12)15/h6H,5H2,1-4H3,(H,11,13,15). The lowest BCUT2D eigenvalue weighted by Gasteiger charge is -2.31. The second-order valence-electron chi connectivity index (χ2n) is 4.79. The van der Waals surface area contributed by atoms with Crippen molar-refractivity contribution in [3.63, 3.8) is 0 Å². The van der Waals surface area contributed by atoms with Gasteiger partial charge in [0.2, 0.25) is 0 Å². The van der Waals surface area contributed by atoms with E-state index in [9.17, 15) is 14.4 Å². The third-order valence-electron chi connectivity index (χ3n) is 3.03. The molecule has 0 aromatic carbocycles. The van der Waals surface area contributed by atoms with Crippen molar-refractivity contribution < 1.29 is 14.4 Å². The molecule has 1 fully saturated rings. The number of nitrogens with one attached hydrogen (secondary N) is 1. The zero-order valence-corrected chi connectivity index (χ0v) is 9.46. The minimum atomic E-state index is -0.834. The SMILES string of the molecule is CC(C)C(C)(C)CN1C(=O)NC(=O)C1=O. The van der Waals surface area contributed by atoms with E-state index in [0.717, 1.165) is 4.90 Å². The van der Waals surface area contributed by atoms with Gasteiger partial charge in [-0.2, -0.15) is 0 Å². The summed E-state index contributed by atoms with van der Waals surface area (Å²) in [5.74, 6) is -1.28. The molecular weight excluding hydrogens is 196 g/mol. The Bertz CT molecular complexity index is 321. The van der Waals surface area contributed by atoms with Gasteiger partial charge in [0.15, 0.2) is 0 Å². The molecule has 1 aliphatic heterocycles. The molecule has 0 bridgehead atoms. The van der Waals surface area contributed by atoms with Gasteiger partial charge in [0.25, 0.3) is 0 Å². The molecule has 15 heavy (non-hydrogen) atoms. The van der Waals surface area contributed by atoms with Gasteiger partial charge in [-0.3, -0.25) is 19.8 Å². The Morgan fingerprint density at radius 3 is 2.13 bits per heavy atom. The van der Waals surface area contributed by atoms with Gasteiger partial charge >= 0.3 is 17.8 Å². The quantitative estimate of drug-likeness (QED) is 0.554. The lowest BCUT2D eigenvalue weighted by Crippen LogP contribution is -2.41. The van der Waals surface area contributed by atoms with Crippen LogP contribution in [0, 0.1) is 11.3 Å². The molecule has 0 spiro atoms. The zero-order valence-electron chi connectivity index (χ0n) is 9.46. The fourth-order valence-corrected chi connectivity index (χ4v) is 1.17. The number of carbonyl (C=O) groups excluding carboxylic acids is 3. The summed E-state index contributed by atoms with van der Waals surface area (Å²) in [4.78, 5) is 34.5. The number of amides is 4. The fraction of sp³-hybridized carbons (Fsp3) is 0.700. The number of imide groups is 2. The van der Waals surface area contributed by atoms with Gasteiger partial charge in [-0.15, -0.1) is 0 Å². The van der Waals surface area contributed by atoms with Gasteiger partial charge in [0.1, 0.15) is 0 Å². The van der Waals surface area contributed by atoms with E-state index in [0.29, 0.717) is 5.92 Å². The summed E-state index contributed by atoms with van der Waals surface area (Å²) in [6.07, 6.45) is 0. The number of rotatable bonds is 3. The van der Waals surface area contributed by atoms with E-state index in [2.05, 4.69) is 0 Å². The molecule has 84 valence electrons. The lowest BCUT2D eigenvalue weighted by atomic mass is 9.81. The van der Waals surface area contributed by atoms with Crippen LogP contribution >= 0.6 is 0 Å². The first kappa shape index (κ1) is 11.7.